The maximum Gasteiger partial charge on any atom is 0.264 e. The minimum Gasteiger partial charge on any atom is -0.372 e. The van der Waals surface area contributed by atoms with Crippen molar-refractivity contribution >= 4 is 0 Å². The molecular weight excluding hydrogens is 150 g/mol. The number of halogens is 2. The summed E-state index contributed by atoms with van der Waals surface area (Å²) in [6, 6.07) is 0. The smallest absolute Gasteiger partial charge is 0.264 e. The molecule has 0 amide bonds. The summed E-state index contributed by atoms with van der Waals surface area (Å²) >= 11 is 0. The molecule has 11 heavy (non-hydrogen) atoms. The summed E-state index contributed by atoms with van der Waals surface area (Å²) in [5, 5.41) is 0. The lowest BCUT2D eigenvalue weighted by Gasteiger charge is -2.31. The normalized spacial score (nSPS) is 39.5. The molecule has 1 heterocycles. The van der Waals surface area contributed by atoms with Gasteiger partial charge in [0.1, 0.15) is 6.10 Å². The van der Waals surface area contributed by atoms with E-state index in [1.165, 1.54) is 0 Å². The van der Waals surface area contributed by atoms with Crippen LogP contribution < -0.4 is 0 Å². The second kappa shape index (κ2) is 3.48. The van der Waals surface area contributed by atoms with E-state index in [0.29, 0.717) is 24.9 Å². The third kappa shape index (κ3) is 2.12. The zero-order valence-electron chi connectivity index (χ0n) is 6.89. The Labute approximate surface area is 65.7 Å². The summed E-state index contributed by atoms with van der Waals surface area (Å²) in [7, 11) is 0. The van der Waals surface area contributed by atoms with E-state index < -0.39 is 12.5 Å². The van der Waals surface area contributed by atoms with Gasteiger partial charge in [-0.3, -0.25) is 0 Å². The topological polar surface area (TPSA) is 9.23 Å². The number of rotatable bonds is 1. The fraction of sp³-hybridized carbons (Fsp3) is 1.00. The highest BCUT2D eigenvalue weighted by atomic mass is 19.3. The van der Waals surface area contributed by atoms with E-state index in [4.69, 9.17) is 4.74 Å². The number of hydrogen-bond acceptors (Lipinski definition) is 1. The van der Waals surface area contributed by atoms with Crippen LogP contribution in [0.25, 0.3) is 0 Å². The lowest BCUT2D eigenvalue weighted by molar-refractivity contribution is -0.109. The van der Waals surface area contributed by atoms with Crippen molar-refractivity contribution in [3.05, 3.63) is 0 Å². The predicted molar refractivity (Wildman–Crippen MR) is 38.7 cm³/mol. The van der Waals surface area contributed by atoms with Crippen LogP contribution in [0.15, 0.2) is 0 Å². The average molecular weight is 164 g/mol. The number of alkyl halides is 2. The van der Waals surface area contributed by atoms with Crippen molar-refractivity contribution in [2.24, 2.45) is 11.8 Å². The standard InChI is InChI=1S/C8H14F2O/c1-5-3-7(8(9)10)11-4-6(5)2/h5-8H,3-4H2,1-2H3/t5-,6+,7?/m1/s1. The molecule has 3 heteroatoms. The minimum atomic E-state index is -2.31. The summed E-state index contributed by atoms with van der Waals surface area (Å²) in [5.74, 6) is 0.785. The molecule has 1 aliphatic rings. The van der Waals surface area contributed by atoms with E-state index >= 15 is 0 Å². The summed E-state index contributed by atoms with van der Waals surface area (Å²) in [4.78, 5) is 0. The Bertz CT molecular complexity index is 127. The fourth-order valence-electron chi connectivity index (χ4n) is 1.28. The molecule has 0 bridgehead atoms. The third-order valence-electron chi connectivity index (χ3n) is 2.43. The van der Waals surface area contributed by atoms with E-state index in [-0.39, 0.29) is 0 Å². The van der Waals surface area contributed by atoms with E-state index in [1.54, 1.807) is 0 Å². The highest BCUT2D eigenvalue weighted by molar-refractivity contribution is 4.74. The molecule has 1 fully saturated rings. The van der Waals surface area contributed by atoms with Gasteiger partial charge in [-0.05, 0) is 18.3 Å². The van der Waals surface area contributed by atoms with Crippen LogP contribution in [0.5, 0.6) is 0 Å². The first-order valence-corrected chi connectivity index (χ1v) is 4.01. The van der Waals surface area contributed by atoms with Crippen LogP contribution in [0.2, 0.25) is 0 Å². The minimum absolute atomic E-state index is 0.364. The van der Waals surface area contributed by atoms with Gasteiger partial charge in [0.15, 0.2) is 0 Å². The molecule has 0 N–H and O–H groups in total. The van der Waals surface area contributed by atoms with Gasteiger partial charge in [-0.25, -0.2) is 8.78 Å². The Hall–Kier alpha value is -0.180. The highest BCUT2D eigenvalue weighted by Gasteiger charge is 2.30. The molecule has 66 valence electrons. The molecule has 1 aliphatic heterocycles. The van der Waals surface area contributed by atoms with Gasteiger partial charge in [0, 0.05) is 0 Å². The van der Waals surface area contributed by atoms with Gasteiger partial charge in [-0.2, -0.15) is 0 Å². The van der Waals surface area contributed by atoms with E-state index in [2.05, 4.69) is 0 Å². The van der Waals surface area contributed by atoms with Crippen molar-refractivity contribution in [1.82, 2.24) is 0 Å². The molecule has 0 radical (unpaired) electrons. The van der Waals surface area contributed by atoms with E-state index in [1.807, 2.05) is 13.8 Å². The fourth-order valence-corrected chi connectivity index (χ4v) is 1.28. The molecule has 0 aliphatic carbocycles. The van der Waals surface area contributed by atoms with Crippen LogP contribution in [-0.2, 0) is 4.74 Å². The monoisotopic (exact) mass is 164 g/mol. The zero-order valence-corrected chi connectivity index (χ0v) is 6.89. The molecule has 0 saturated carbocycles. The Balaban J connectivity index is 2.40. The van der Waals surface area contributed by atoms with Crippen LogP contribution >= 0.6 is 0 Å². The quantitative estimate of drug-likeness (QED) is 0.578. The number of ether oxygens (including phenoxy) is 1. The van der Waals surface area contributed by atoms with Gasteiger partial charge in [0.05, 0.1) is 6.61 Å². The lowest BCUT2D eigenvalue weighted by Crippen LogP contribution is -2.34. The SMILES string of the molecule is C[C@@H]1CC(C(F)F)OC[C@@H]1C. The van der Waals surface area contributed by atoms with Crippen LogP contribution in [0, 0.1) is 11.8 Å². The van der Waals surface area contributed by atoms with Crippen molar-refractivity contribution in [3.8, 4) is 0 Å². The summed E-state index contributed by atoms with van der Waals surface area (Å²) < 4.78 is 29.2. The maximum absolute atomic E-state index is 12.1. The number of hydrogen-bond donors (Lipinski definition) is 0. The highest BCUT2D eigenvalue weighted by Crippen LogP contribution is 2.27. The Kier molecular flexibility index (Phi) is 2.82. The van der Waals surface area contributed by atoms with E-state index in [9.17, 15) is 8.78 Å². The van der Waals surface area contributed by atoms with Crippen molar-refractivity contribution in [3.63, 3.8) is 0 Å². The Morgan fingerprint density at radius 3 is 2.36 bits per heavy atom. The molecule has 0 aromatic rings. The predicted octanol–water partition coefficient (Wildman–Crippen LogP) is 2.31. The van der Waals surface area contributed by atoms with Crippen LogP contribution in [-0.4, -0.2) is 19.1 Å². The molecule has 1 saturated heterocycles. The largest absolute Gasteiger partial charge is 0.372 e. The first kappa shape index (κ1) is 8.91. The van der Waals surface area contributed by atoms with Crippen LogP contribution in [0.1, 0.15) is 20.3 Å². The molecule has 3 atom stereocenters. The lowest BCUT2D eigenvalue weighted by atomic mass is 9.89. The van der Waals surface area contributed by atoms with Crippen molar-refractivity contribution in [1.29, 1.82) is 0 Å². The molecule has 0 spiro atoms. The molecule has 1 nitrogen and oxygen atoms in total. The third-order valence-corrected chi connectivity index (χ3v) is 2.43. The zero-order chi connectivity index (χ0) is 8.43. The van der Waals surface area contributed by atoms with Crippen LogP contribution in [0.4, 0.5) is 8.78 Å². The van der Waals surface area contributed by atoms with Gasteiger partial charge in [0.25, 0.3) is 6.43 Å². The molecule has 0 aromatic carbocycles. The summed E-state index contributed by atoms with van der Waals surface area (Å²) in [6.07, 6.45) is -2.63. The van der Waals surface area contributed by atoms with Crippen LogP contribution in [0.3, 0.4) is 0 Å². The van der Waals surface area contributed by atoms with Gasteiger partial charge in [-0.1, -0.05) is 13.8 Å². The van der Waals surface area contributed by atoms with E-state index in [0.717, 1.165) is 0 Å². The van der Waals surface area contributed by atoms with Crippen molar-refractivity contribution < 1.29 is 13.5 Å². The molecule has 1 unspecified atom stereocenters. The average Bonchev–Trinajstić information content (AvgIpc) is 1.94. The van der Waals surface area contributed by atoms with Crippen molar-refractivity contribution in [2.45, 2.75) is 32.8 Å². The van der Waals surface area contributed by atoms with Gasteiger partial charge in [-0.15, -0.1) is 0 Å². The maximum atomic E-state index is 12.1. The van der Waals surface area contributed by atoms with Gasteiger partial charge in [0.2, 0.25) is 0 Å². The molecule has 0 aromatic heterocycles. The summed E-state index contributed by atoms with van der Waals surface area (Å²) in [6.45, 7) is 4.52. The molecular formula is C8H14F2O. The summed E-state index contributed by atoms with van der Waals surface area (Å²) in [5.41, 5.74) is 0. The second-order valence-corrected chi connectivity index (χ2v) is 3.40. The first-order valence-electron chi connectivity index (χ1n) is 4.01. The van der Waals surface area contributed by atoms with Crippen molar-refractivity contribution in [2.75, 3.05) is 6.61 Å². The Morgan fingerprint density at radius 1 is 1.27 bits per heavy atom. The first-order chi connectivity index (χ1) is 5.11. The van der Waals surface area contributed by atoms with Gasteiger partial charge < -0.3 is 4.74 Å². The molecule has 1 rings (SSSR count). The second-order valence-electron chi connectivity index (χ2n) is 3.40. The van der Waals surface area contributed by atoms with Gasteiger partial charge >= 0.3 is 0 Å². The Morgan fingerprint density at radius 2 is 1.91 bits per heavy atom.